The molecule has 4 heterocycles. The molecule has 30 atom stereocenters. The smallest absolute Gasteiger partial charge is 0.315 e. The Morgan fingerprint density at radius 2 is 1.01 bits per heavy atom. The summed E-state index contributed by atoms with van der Waals surface area (Å²) < 4.78 is 48.3. The molecule has 4 saturated heterocycles. The van der Waals surface area contributed by atoms with E-state index in [4.69, 9.17) is 37.9 Å². The average molecular weight is 1120 g/mol. The van der Waals surface area contributed by atoms with Crippen molar-refractivity contribution < 1.29 is 119 Å². The first-order valence-electron chi connectivity index (χ1n) is 28.0. The van der Waals surface area contributed by atoms with Crippen molar-refractivity contribution in [1.82, 2.24) is 0 Å². The molecule has 4 aliphatic heterocycles. The van der Waals surface area contributed by atoms with Gasteiger partial charge >= 0.3 is 5.97 Å². The van der Waals surface area contributed by atoms with Crippen LogP contribution >= 0.6 is 0 Å². The summed E-state index contributed by atoms with van der Waals surface area (Å²) in [4.78, 5) is 14.8. The Kier molecular flexibility index (Phi) is 17.2. The largest absolute Gasteiger partial charge is 0.432 e. The third-order valence-electron chi connectivity index (χ3n) is 21.9. The lowest BCUT2D eigenvalue weighted by molar-refractivity contribution is -0.398. The van der Waals surface area contributed by atoms with Crippen LogP contribution in [-0.4, -0.2) is 244 Å². The Morgan fingerprint density at radius 3 is 1.55 bits per heavy atom. The van der Waals surface area contributed by atoms with Gasteiger partial charge in [-0.25, -0.2) is 0 Å². The molecule has 0 radical (unpaired) electrons. The molecule has 0 aromatic carbocycles. The quantitative estimate of drug-likeness (QED) is 0.0524. The highest BCUT2D eigenvalue weighted by molar-refractivity contribution is 5.79. The van der Waals surface area contributed by atoms with Gasteiger partial charge in [0.05, 0.1) is 43.5 Å². The highest BCUT2D eigenvalue weighted by Gasteiger charge is 2.72. The van der Waals surface area contributed by atoms with Gasteiger partial charge in [-0.1, -0.05) is 53.2 Å². The molecule has 448 valence electrons. The molecule has 5 aliphatic carbocycles. The fraction of sp³-hybridized carbons (Fsp3) is 0.944. The minimum atomic E-state index is -1.95. The molecule has 0 aromatic heterocycles. The van der Waals surface area contributed by atoms with E-state index in [1.54, 1.807) is 6.92 Å². The van der Waals surface area contributed by atoms with Crippen LogP contribution in [0.25, 0.3) is 0 Å². The first-order valence-corrected chi connectivity index (χ1v) is 28.0. The van der Waals surface area contributed by atoms with E-state index in [1.165, 1.54) is 0 Å². The van der Waals surface area contributed by atoms with Crippen LogP contribution in [0.1, 0.15) is 106 Å². The molecule has 8 fully saturated rings. The van der Waals surface area contributed by atoms with Crippen LogP contribution in [0, 0.1) is 50.7 Å². The third-order valence-corrected chi connectivity index (χ3v) is 21.9. The minimum Gasteiger partial charge on any atom is -0.432 e. The molecule has 15 N–H and O–H groups in total. The highest BCUT2D eigenvalue weighted by atomic mass is 16.8. The first kappa shape index (κ1) is 60.9. The molecule has 0 aromatic rings. The molecule has 4 saturated carbocycles. The van der Waals surface area contributed by atoms with Crippen molar-refractivity contribution in [2.75, 3.05) is 26.4 Å². The predicted molar refractivity (Wildman–Crippen MR) is 264 cm³/mol. The second-order valence-corrected chi connectivity index (χ2v) is 25.9. The maximum atomic E-state index is 14.8. The maximum Gasteiger partial charge on any atom is 0.315 e. The Labute approximate surface area is 453 Å². The second kappa shape index (κ2) is 22.1. The predicted octanol–water partition coefficient (Wildman–Crippen LogP) is -3.06. The first-order chi connectivity index (χ1) is 36.5. The van der Waals surface area contributed by atoms with E-state index in [2.05, 4.69) is 40.7 Å². The van der Waals surface area contributed by atoms with Crippen LogP contribution in [0.15, 0.2) is 11.6 Å². The van der Waals surface area contributed by atoms with Gasteiger partial charge in [-0.3, -0.25) is 4.79 Å². The lowest BCUT2D eigenvalue weighted by Gasteiger charge is -2.72. The molecular formula is C54H88O24. The number of carbonyl (C=O) groups is 1. The van der Waals surface area contributed by atoms with Crippen molar-refractivity contribution in [3.05, 3.63) is 11.6 Å². The Bertz CT molecular complexity index is 2150. The highest BCUT2D eigenvalue weighted by Crippen LogP contribution is 2.76. The van der Waals surface area contributed by atoms with Gasteiger partial charge in [0.15, 0.2) is 18.9 Å². The van der Waals surface area contributed by atoms with Crippen molar-refractivity contribution in [2.24, 2.45) is 50.7 Å². The number of allylic oxidation sites excluding steroid dienone is 1. The topological polar surface area (TPSA) is 394 Å². The van der Waals surface area contributed by atoms with Gasteiger partial charge in [0.2, 0.25) is 6.29 Å². The van der Waals surface area contributed by atoms with Gasteiger partial charge in [0, 0.05) is 5.92 Å². The van der Waals surface area contributed by atoms with Gasteiger partial charge in [-0.05, 0) is 104 Å². The number of carbonyl (C=O) groups excluding carboxylic acids is 1. The summed E-state index contributed by atoms with van der Waals surface area (Å²) in [6, 6.07) is 0. The van der Waals surface area contributed by atoms with E-state index in [9.17, 15) is 81.4 Å². The van der Waals surface area contributed by atoms with Crippen LogP contribution in [0.2, 0.25) is 0 Å². The van der Waals surface area contributed by atoms with Crippen molar-refractivity contribution in [3.8, 4) is 0 Å². The zero-order valence-electron chi connectivity index (χ0n) is 45.6. The number of hydrogen-bond acceptors (Lipinski definition) is 24. The maximum absolute atomic E-state index is 14.8. The van der Waals surface area contributed by atoms with Gasteiger partial charge < -0.3 is 114 Å². The molecule has 9 aliphatic rings. The number of aliphatic hydroxyl groups is 15. The molecule has 0 bridgehead atoms. The fourth-order valence-electron chi connectivity index (χ4n) is 16.7. The molecule has 24 heteroatoms. The van der Waals surface area contributed by atoms with Crippen LogP contribution < -0.4 is 0 Å². The van der Waals surface area contributed by atoms with Crippen molar-refractivity contribution in [2.45, 2.75) is 241 Å². The molecule has 0 amide bonds. The number of esters is 1. The number of fused-ring (bicyclic) bond motifs is 7. The van der Waals surface area contributed by atoms with Gasteiger partial charge in [0.1, 0.15) is 97.7 Å². The lowest BCUT2D eigenvalue weighted by atomic mass is 9.33. The van der Waals surface area contributed by atoms with Crippen LogP contribution in [-0.2, 0) is 42.7 Å². The van der Waals surface area contributed by atoms with Gasteiger partial charge in [0.25, 0.3) is 0 Å². The van der Waals surface area contributed by atoms with Gasteiger partial charge in [-0.15, -0.1) is 0 Å². The zero-order valence-corrected chi connectivity index (χ0v) is 45.6. The minimum absolute atomic E-state index is 0.0152. The number of rotatable bonds is 12. The van der Waals surface area contributed by atoms with E-state index in [1.807, 2.05) is 6.92 Å². The monoisotopic (exact) mass is 1120 g/mol. The van der Waals surface area contributed by atoms with E-state index in [-0.39, 0.29) is 28.6 Å². The Hall–Kier alpha value is -1.67. The van der Waals surface area contributed by atoms with Crippen molar-refractivity contribution in [3.63, 3.8) is 0 Å². The number of aliphatic hydroxyl groups excluding tert-OH is 14. The molecule has 0 spiro atoms. The summed E-state index contributed by atoms with van der Waals surface area (Å²) >= 11 is 0. The third kappa shape index (κ3) is 9.48. The summed E-state index contributed by atoms with van der Waals surface area (Å²) in [5, 5.41) is 162. The average Bonchev–Trinajstić information content (AvgIpc) is 2.10. The SMILES string of the molecule is C[C@@H]1CC[C@]2(C(=O)O[C@@H]3O[C@H](CO)[C@@H](O)[C@H](O)[C@H]3O)CC[C@]3(C)C(=CCC4[C@@]5(C)CC[C@H](O[C@@H]6O[C@H](CO)[C@@H](O)[C@H](O)[C@H]6O[C@@H]6O[C@H](CO)[C@@H](O)[C@H](O)[C@H]6O[C@@H]6O[C@H](CO)[C@@H](O)[C@H](O)[C@H]6O)C(C)(C)C5CC[C@]43C)C2[C@]1(C)O. The molecule has 78 heavy (non-hydrogen) atoms. The van der Waals surface area contributed by atoms with Crippen LogP contribution in [0.5, 0.6) is 0 Å². The normalized spacial score (nSPS) is 55.1. The second-order valence-electron chi connectivity index (χ2n) is 25.9. The fourth-order valence-corrected chi connectivity index (χ4v) is 16.7. The Balaban J connectivity index is 0.975. The Morgan fingerprint density at radius 1 is 0.538 bits per heavy atom. The van der Waals surface area contributed by atoms with Gasteiger partial charge in [-0.2, -0.15) is 0 Å². The van der Waals surface area contributed by atoms with Crippen molar-refractivity contribution in [1.29, 1.82) is 0 Å². The standard InChI is InChI=1S/C54H88O24/c1-22-10-15-54(48(69)78-45-40(68)36(64)32(60)25(19-56)72-45)17-16-51(5)23(43(54)53(22,7)70)8-9-29-50(4)13-12-30(49(2,3)28(50)11-14-52(29,51)6)75-46-41(37(65)33(61)26(20-57)73-46)77-47-42(38(66)34(62)27(21-58)74-47)76-44-39(67)35(63)31(59)24(18-55)71-44/h8,22,24-47,55-68,70H,9-21H2,1-7H3/t22-,24-,25-,26-,27-,28?,29?,30+,31-,32-,33-,34-,35+,36+,37+,38+,39-,40-,41-,42-,43?,44+,45+,46+,47+,50+,51-,52-,53-,54+/m1/s1. The van der Waals surface area contributed by atoms with E-state index >= 15 is 0 Å². The number of hydrogen-bond donors (Lipinski definition) is 15. The van der Waals surface area contributed by atoms with Crippen molar-refractivity contribution >= 4 is 5.97 Å². The summed E-state index contributed by atoms with van der Waals surface area (Å²) in [5.41, 5.74) is -3.41. The molecule has 3 unspecified atom stereocenters. The van der Waals surface area contributed by atoms with E-state index in [0.717, 1.165) is 18.4 Å². The zero-order chi connectivity index (χ0) is 57.1. The van der Waals surface area contributed by atoms with Crippen LogP contribution in [0.3, 0.4) is 0 Å². The molecule has 9 rings (SSSR count). The molecular weight excluding hydrogens is 1030 g/mol. The summed E-state index contributed by atoms with van der Waals surface area (Å²) in [6.07, 6.45) is -27.4. The number of ether oxygens (including phenoxy) is 8. The molecule has 24 nitrogen and oxygen atoms in total. The van der Waals surface area contributed by atoms with E-state index < -0.39 is 189 Å². The van der Waals surface area contributed by atoms with Crippen LogP contribution in [0.4, 0.5) is 0 Å². The summed E-state index contributed by atoms with van der Waals surface area (Å²) in [7, 11) is 0. The lowest BCUT2D eigenvalue weighted by Crippen LogP contribution is -2.69. The summed E-state index contributed by atoms with van der Waals surface area (Å²) in [5.74, 6) is -1.47. The summed E-state index contributed by atoms with van der Waals surface area (Å²) in [6.45, 7) is 11.8. The van der Waals surface area contributed by atoms with E-state index in [0.29, 0.717) is 44.9 Å².